The van der Waals surface area contributed by atoms with Crippen molar-refractivity contribution in [1.82, 2.24) is 9.80 Å². The molecule has 0 bridgehead atoms. The van der Waals surface area contributed by atoms with Crippen LogP contribution in [0.5, 0.6) is 0 Å². The van der Waals surface area contributed by atoms with Crippen LogP contribution in [0.3, 0.4) is 0 Å². The highest BCUT2D eigenvalue weighted by Crippen LogP contribution is 2.11. The summed E-state index contributed by atoms with van der Waals surface area (Å²) in [5.74, 6) is 0.359. The molecule has 1 heterocycles. The van der Waals surface area contributed by atoms with Gasteiger partial charge in [-0.1, -0.05) is 13.8 Å². The fourth-order valence-corrected chi connectivity index (χ4v) is 2.14. The van der Waals surface area contributed by atoms with Crippen molar-refractivity contribution in [2.45, 2.75) is 39.3 Å². The minimum absolute atomic E-state index is 0.184. The summed E-state index contributed by atoms with van der Waals surface area (Å²) in [6.45, 7) is 10.7. The number of hydrogen-bond donors (Lipinski definition) is 1. The van der Waals surface area contributed by atoms with Gasteiger partial charge in [0, 0.05) is 19.1 Å². The Hall–Kier alpha value is -0.120. The molecule has 1 saturated heterocycles. The van der Waals surface area contributed by atoms with Gasteiger partial charge < -0.3 is 10.0 Å². The molecule has 2 atom stereocenters. The molecule has 3 heteroatoms. The molecule has 3 nitrogen and oxygen atoms in total. The van der Waals surface area contributed by atoms with Gasteiger partial charge in [0.25, 0.3) is 0 Å². The van der Waals surface area contributed by atoms with E-state index in [0.29, 0.717) is 12.0 Å². The molecule has 0 spiro atoms. The van der Waals surface area contributed by atoms with Crippen molar-refractivity contribution in [3.63, 3.8) is 0 Å². The molecule has 15 heavy (non-hydrogen) atoms. The zero-order valence-electron chi connectivity index (χ0n) is 10.6. The van der Waals surface area contributed by atoms with Gasteiger partial charge in [-0.15, -0.1) is 0 Å². The molecule has 0 amide bonds. The van der Waals surface area contributed by atoms with Gasteiger partial charge in [0.05, 0.1) is 6.10 Å². The van der Waals surface area contributed by atoms with Crippen molar-refractivity contribution >= 4 is 0 Å². The smallest absolute Gasteiger partial charge is 0.0690 e. The van der Waals surface area contributed by atoms with E-state index in [2.05, 4.69) is 37.6 Å². The van der Waals surface area contributed by atoms with Gasteiger partial charge in [-0.3, -0.25) is 4.90 Å². The maximum Gasteiger partial charge on any atom is 0.0690 e. The third kappa shape index (κ3) is 4.09. The van der Waals surface area contributed by atoms with Crippen LogP contribution in [-0.4, -0.2) is 60.3 Å². The first-order valence-corrected chi connectivity index (χ1v) is 6.11. The van der Waals surface area contributed by atoms with Crippen LogP contribution in [0.4, 0.5) is 0 Å². The van der Waals surface area contributed by atoms with Crippen molar-refractivity contribution < 1.29 is 5.11 Å². The quantitative estimate of drug-likeness (QED) is 0.760. The van der Waals surface area contributed by atoms with E-state index in [0.717, 1.165) is 19.6 Å². The lowest BCUT2D eigenvalue weighted by atomic mass is 10.1. The van der Waals surface area contributed by atoms with Gasteiger partial charge in [-0.05, 0) is 39.4 Å². The van der Waals surface area contributed by atoms with Crippen LogP contribution in [0, 0.1) is 5.92 Å². The van der Waals surface area contributed by atoms with Crippen LogP contribution in [0.15, 0.2) is 0 Å². The molecule has 0 saturated carbocycles. The first-order chi connectivity index (χ1) is 7.00. The van der Waals surface area contributed by atoms with E-state index in [9.17, 15) is 5.11 Å². The van der Waals surface area contributed by atoms with Crippen molar-refractivity contribution in [2.24, 2.45) is 5.92 Å². The molecule has 90 valence electrons. The Balaban J connectivity index is 2.45. The third-order valence-electron chi connectivity index (χ3n) is 3.38. The molecule has 0 aromatic heterocycles. The molecule has 0 aliphatic carbocycles. The minimum atomic E-state index is -0.184. The summed E-state index contributed by atoms with van der Waals surface area (Å²) in [5, 5.41) is 9.90. The SMILES string of the molecule is CC(C)C(O)CN1CCCN(C)CC1C. The average Bonchev–Trinajstić information content (AvgIpc) is 2.28. The summed E-state index contributed by atoms with van der Waals surface area (Å²) < 4.78 is 0. The molecule has 1 aliphatic rings. The monoisotopic (exact) mass is 214 g/mol. The second-order valence-corrected chi connectivity index (χ2v) is 5.27. The van der Waals surface area contributed by atoms with E-state index < -0.39 is 0 Å². The van der Waals surface area contributed by atoms with Crippen LogP contribution >= 0.6 is 0 Å². The predicted octanol–water partition coefficient (Wildman–Crippen LogP) is 1.03. The van der Waals surface area contributed by atoms with Crippen LogP contribution in [0.1, 0.15) is 27.2 Å². The van der Waals surface area contributed by atoms with Gasteiger partial charge in [0.15, 0.2) is 0 Å². The first-order valence-electron chi connectivity index (χ1n) is 6.11. The standard InChI is InChI=1S/C12H26N2O/c1-10(2)12(15)9-14-7-5-6-13(4)8-11(14)3/h10-12,15H,5-9H2,1-4H3. The first kappa shape index (κ1) is 12.9. The summed E-state index contributed by atoms with van der Waals surface area (Å²) >= 11 is 0. The Morgan fingerprint density at radius 1 is 1.33 bits per heavy atom. The summed E-state index contributed by atoms with van der Waals surface area (Å²) in [4.78, 5) is 4.81. The molecular weight excluding hydrogens is 188 g/mol. The summed E-state index contributed by atoms with van der Waals surface area (Å²) in [6.07, 6.45) is 1.03. The molecular formula is C12H26N2O. The van der Waals surface area contributed by atoms with Gasteiger partial charge in [-0.25, -0.2) is 0 Å². The maximum atomic E-state index is 9.90. The zero-order valence-corrected chi connectivity index (χ0v) is 10.6. The summed E-state index contributed by atoms with van der Waals surface area (Å²) in [7, 11) is 2.18. The van der Waals surface area contributed by atoms with Crippen LogP contribution < -0.4 is 0 Å². The zero-order chi connectivity index (χ0) is 11.4. The second-order valence-electron chi connectivity index (χ2n) is 5.27. The number of hydrogen-bond acceptors (Lipinski definition) is 3. The Morgan fingerprint density at radius 2 is 2.00 bits per heavy atom. The highest BCUT2D eigenvalue weighted by Gasteiger charge is 2.22. The number of rotatable bonds is 3. The van der Waals surface area contributed by atoms with Crippen molar-refractivity contribution in [3.8, 4) is 0 Å². The molecule has 0 aromatic rings. The van der Waals surface area contributed by atoms with E-state index in [4.69, 9.17) is 0 Å². The molecule has 1 aliphatic heterocycles. The molecule has 1 rings (SSSR count). The van der Waals surface area contributed by atoms with Crippen LogP contribution in [0.25, 0.3) is 0 Å². The number of likely N-dealkylation sites (N-methyl/N-ethyl adjacent to an activating group) is 1. The fraction of sp³-hybridized carbons (Fsp3) is 1.00. The Bertz CT molecular complexity index is 184. The minimum Gasteiger partial charge on any atom is -0.392 e. The van der Waals surface area contributed by atoms with Crippen molar-refractivity contribution in [1.29, 1.82) is 0 Å². The fourth-order valence-electron chi connectivity index (χ4n) is 2.14. The predicted molar refractivity (Wildman–Crippen MR) is 64.0 cm³/mol. The number of aliphatic hydroxyl groups is 1. The van der Waals surface area contributed by atoms with E-state index in [-0.39, 0.29) is 6.10 Å². The molecule has 0 radical (unpaired) electrons. The summed E-state index contributed by atoms with van der Waals surface area (Å²) in [5.41, 5.74) is 0. The van der Waals surface area contributed by atoms with Gasteiger partial charge in [0.2, 0.25) is 0 Å². The van der Waals surface area contributed by atoms with E-state index in [1.807, 2.05) is 0 Å². The summed E-state index contributed by atoms with van der Waals surface area (Å²) in [6, 6.07) is 0.561. The average molecular weight is 214 g/mol. The van der Waals surface area contributed by atoms with Crippen LogP contribution in [-0.2, 0) is 0 Å². The molecule has 1 N–H and O–H groups in total. The van der Waals surface area contributed by atoms with E-state index in [1.54, 1.807) is 0 Å². The maximum absolute atomic E-state index is 9.90. The lowest BCUT2D eigenvalue weighted by Crippen LogP contribution is -2.43. The third-order valence-corrected chi connectivity index (χ3v) is 3.38. The molecule has 0 aromatic carbocycles. The lowest BCUT2D eigenvalue weighted by molar-refractivity contribution is 0.0614. The number of β-amino-alcohol motifs (C(OH)–C–C–N with tert-alkyl or cyclic N) is 1. The van der Waals surface area contributed by atoms with Crippen LogP contribution in [0.2, 0.25) is 0 Å². The largest absolute Gasteiger partial charge is 0.392 e. The van der Waals surface area contributed by atoms with Gasteiger partial charge >= 0.3 is 0 Å². The number of aliphatic hydroxyl groups excluding tert-OH is 1. The highest BCUT2D eigenvalue weighted by atomic mass is 16.3. The van der Waals surface area contributed by atoms with Crippen molar-refractivity contribution in [2.75, 3.05) is 33.2 Å². The number of nitrogens with zero attached hydrogens (tertiary/aromatic N) is 2. The van der Waals surface area contributed by atoms with Gasteiger partial charge in [0.1, 0.15) is 0 Å². The Labute approximate surface area is 94.1 Å². The Kier molecular flexibility index (Phi) is 5.03. The lowest BCUT2D eigenvalue weighted by Gasteiger charge is -2.30. The topological polar surface area (TPSA) is 26.7 Å². The Morgan fingerprint density at radius 3 is 2.60 bits per heavy atom. The van der Waals surface area contributed by atoms with Crippen molar-refractivity contribution in [3.05, 3.63) is 0 Å². The second kappa shape index (κ2) is 5.83. The van der Waals surface area contributed by atoms with E-state index in [1.165, 1.54) is 13.0 Å². The molecule has 2 unspecified atom stereocenters. The molecule has 1 fully saturated rings. The normalized spacial score (nSPS) is 28.0. The van der Waals surface area contributed by atoms with Gasteiger partial charge in [-0.2, -0.15) is 0 Å². The highest BCUT2D eigenvalue weighted by molar-refractivity contribution is 4.78. The van der Waals surface area contributed by atoms with E-state index >= 15 is 0 Å².